The fourth-order valence-corrected chi connectivity index (χ4v) is 3.51. The molecule has 2 atom stereocenters. The average molecular weight is 290 g/mol. The molecule has 0 aliphatic heterocycles. The zero-order chi connectivity index (χ0) is 14.1. The standard InChI is InChI=1S/C17H20ClNO/c1-11-8-9-12(10-15(11)18)19-17(20)16-13-6-4-2-3-5-7-14(13)16/h2-3,8-10,13-14,16H,4-7H2,1H3,(H,19,20)/t13-,14-/m0/s1. The first-order chi connectivity index (χ1) is 9.66. The Labute approximate surface area is 125 Å². The van der Waals surface area contributed by atoms with Gasteiger partial charge >= 0.3 is 0 Å². The van der Waals surface area contributed by atoms with Gasteiger partial charge in [0, 0.05) is 16.6 Å². The van der Waals surface area contributed by atoms with Crippen molar-refractivity contribution in [3.05, 3.63) is 40.9 Å². The third-order valence-electron chi connectivity index (χ3n) is 4.57. The van der Waals surface area contributed by atoms with Crippen LogP contribution in [0, 0.1) is 24.7 Å². The van der Waals surface area contributed by atoms with Gasteiger partial charge in [-0.25, -0.2) is 0 Å². The highest BCUT2D eigenvalue weighted by Gasteiger charge is 2.53. The molecule has 1 fully saturated rings. The number of halogens is 1. The number of carbonyl (C=O) groups excluding carboxylic acids is 1. The molecule has 0 radical (unpaired) electrons. The first-order valence-electron chi connectivity index (χ1n) is 7.39. The molecular weight excluding hydrogens is 270 g/mol. The van der Waals surface area contributed by atoms with Gasteiger partial charge in [0.25, 0.3) is 0 Å². The van der Waals surface area contributed by atoms with Crippen LogP contribution in [0.15, 0.2) is 30.4 Å². The molecule has 0 aromatic heterocycles. The number of anilines is 1. The van der Waals surface area contributed by atoms with Gasteiger partial charge in [-0.15, -0.1) is 0 Å². The molecule has 1 saturated carbocycles. The summed E-state index contributed by atoms with van der Waals surface area (Å²) in [4.78, 5) is 12.4. The summed E-state index contributed by atoms with van der Waals surface area (Å²) in [6, 6.07) is 5.70. The molecule has 0 spiro atoms. The Morgan fingerprint density at radius 2 is 1.85 bits per heavy atom. The number of hydrogen-bond donors (Lipinski definition) is 1. The Morgan fingerprint density at radius 3 is 2.45 bits per heavy atom. The molecule has 1 amide bonds. The first-order valence-corrected chi connectivity index (χ1v) is 7.76. The van der Waals surface area contributed by atoms with E-state index in [-0.39, 0.29) is 11.8 Å². The summed E-state index contributed by atoms with van der Waals surface area (Å²) in [6.07, 6.45) is 9.02. The van der Waals surface area contributed by atoms with Crippen LogP contribution in [0.3, 0.4) is 0 Å². The van der Waals surface area contributed by atoms with Gasteiger partial charge in [-0.3, -0.25) is 4.79 Å². The van der Waals surface area contributed by atoms with Crippen molar-refractivity contribution < 1.29 is 4.79 Å². The number of fused-ring (bicyclic) bond motifs is 1. The maximum Gasteiger partial charge on any atom is 0.228 e. The monoisotopic (exact) mass is 289 g/mol. The van der Waals surface area contributed by atoms with E-state index in [9.17, 15) is 4.79 Å². The highest BCUT2D eigenvalue weighted by Crippen LogP contribution is 2.53. The highest BCUT2D eigenvalue weighted by atomic mass is 35.5. The predicted molar refractivity (Wildman–Crippen MR) is 82.9 cm³/mol. The van der Waals surface area contributed by atoms with Crippen molar-refractivity contribution in [2.24, 2.45) is 17.8 Å². The van der Waals surface area contributed by atoms with Crippen LogP contribution in [-0.2, 0) is 4.79 Å². The molecule has 0 heterocycles. The van der Waals surface area contributed by atoms with Crippen LogP contribution in [0.25, 0.3) is 0 Å². The second-order valence-corrected chi connectivity index (χ2v) is 6.34. The lowest BCUT2D eigenvalue weighted by Crippen LogP contribution is -2.15. The summed E-state index contributed by atoms with van der Waals surface area (Å²) >= 11 is 6.10. The van der Waals surface area contributed by atoms with Crippen LogP contribution in [0.2, 0.25) is 5.02 Å². The topological polar surface area (TPSA) is 29.1 Å². The Balaban J connectivity index is 1.64. The SMILES string of the molecule is Cc1ccc(NC(=O)C2[C@H]3CCC=CCC[C@H]23)cc1Cl. The summed E-state index contributed by atoms with van der Waals surface area (Å²) in [6.45, 7) is 1.96. The van der Waals surface area contributed by atoms with Crippen LogP contribution in [0.4, 0.5) is 5.69 Å². The molecule has 1 N–H and O–H groups in total. The van der Waals surface area contributed by atoms with Gasteiger partial charge in [0.15, 0.2) is 0 Å². The summed E-state index contributed by atoms with van der Waals surface area (Å²) in [7, 11) is 0. The number of allylic oxidation sites excluding steroid dienone is 2. The molecular formula is C17H20ClNO. The minimum absolute atomic E-state index is 0.168. The van der Waals surface area contributed by atoms with Gasteiger partial charge in [-0.1, -0.05) is 29.8 Å². The predicted octanol–water partition coefficient (Wildman–Crippen LogP) is 4.58. The summed E-state index contributed by atoms with van der Waals surface area (Å²) in [5.41, 5.74) is 1.84. The maximum atomic E-state index is 12.4. The second kappa shape index (κ2) is 5.61. The van der Waals surface area contributed by atoms with Gasteiger partial charge in [-0.05, 0) is 62.1 Å². The molecule has 0 bridgehead atoms. The molecule has 2 aliphatic rings. The lowest BCUT2D eigenvalue weighted by atomic mass is 10.1. The fourth-order valence-electron chi connectivity index (χ4n) is 3.33. The number of benzene rings is 1. The number of nitrogens with one attached hydrogen (secondary N) is 1. The van der Waals surface area contributed by atoms with E-state index in [4.69, 9.17) is 11.6 Å². The Bertz CT molecular complexity index is 536. The normalized spacial score (nSPS) is 28.2. The van der Waals surface area contributed by atoms with Crippen LogP contribution < -0.4 is 5.32 Å². The van der Waals surface area contributed by atoms with Crippen molar-refractivity contribution in [2.75, 3.05) is 5.32 Å². The minimum atomic E-state index is 0.168. The Kier molecular flexibility index (Phi) is 3.84. The largest absolute Gasteiger partial charge is 0.326 e. The van der Waals surface area contributed by atoms with Crippen LogP contribution in [0.5, 0.6) is 0 Å². The van der Waals surface area contributed by atoms with Crippen molar-refractivity contribution in [3.63, 3.8) is 0 Å². The van der Waals surface area contributed by atoms with Crippen molar-refractivity contribution in [1.29, 1.82) is 0 Å². The minimum Gasteiger partial charge on any atom is -0.326 e. The molecule has 3 heteroatoms. The molecule has 0 unspecified atom stereocenters. The van der Waals surface area contributed by atoms with E-state index >= 15 is 0 Å². The highest BCUT2D eigenvalue weighted by molar-refractivity contribution is 6.31. The van der Waals surface area contributed by atoms with Crippen molar-refractivity contribution in [2.45, 2.75) is 32.6 Å². The van der Waals surface area contributed by atoms with E-state index in [1.807, 2.05) is 25.1 Å². The molecule has 1 aromatic carbocycles. The molecule has 2 aliphatic carbocycles. The fraction of sp³-hybridized carbons (Fsp3) is 0.471. The lowest BCUT2D eigenvalue weighted by Gasteiger charge is -2.06. The van der Waals surface area contributed by atoms with Crippen LogP contribution in [-0.4, -0.2) is 5.91 Å². The molecule has 0 saturated heterocycles. The van der Waals surface area contributed by atoms with E-state index in [0.717, 1.165) is 36.9 Å². The number of amides is 1. The van der Waals surface area contributed by atoms with Gasteiger partial charge in [0.2, 0.25) is 5.91 Å². The van der Waals surface area contributed by atoms with E-state index in [1.165, 1.54) is 0 Å². The first kappa shape index (κ1) is 13.7. The molecule has 1 aromatic rings. The molecule has 106 valence electrons. The van der Waals surface area contributed by atoms with Gasteiger partial charge in [-0.2, -0.15) is 0 Å². The van der Waals surface area contributed by atoms with Crippen molar-refractivity contribution in [1.82, 2.24) is 0 Å². The number of rotatable bonds is 2. The van der Waals surface area contributed by atoms with Crippen molar-refractivity contribution >= 4 is 23.2 Å². The van der Waals surface area contributed by atoms with E-state index < -0.39 is 0 Å². The smallest absolute Gasteiger partial charge is 0.228 e. The van der Waals surface area contributed by atoms with E-state index in [2.05, 4.69) is 17.5 Å². The zero-order valence-corrected chi connectivity index (χ0v) is 12.5. The van der Waals surface area contributed by atoms with Crippen LogP contribution >= 0.6 is 11.6 Å². The maximum absolute atomic E-state index is 12.4. The third kappa shape index (κ3) is 2.76. The summed E-state index contributed by atoms with van der Waals surface area (Å²) in [5, 5.41) is 3.73. The molecule has 2 nitrogen and oxygen atoms in total. The Morgan fingerprint density at radius 1 is 1.20 bits per heavy atom. The number of carbonyl (C=O) groups is 1. The average Bonchev–Trinajstić information content (AvgIpc) is 3.05. The Hall–Kier alpha value is -1.28. The van der Waals surface area contributed by atoms with Crippen molar-refractivity contribution in [3.8, 4) is 0 Å². The van der Waals surface area contributed by atoms with Crippen LogP contribution in [0.1, 0.15) is 31.2 Å². The quantitative estimate of drug-likeness (QED) is 0.793. The lowest BCUT2D eigenvalue weighted by molar-refractivity contribution is -0.117. The van der Waals surface area contributed by atoms with E-state index in [0.29, 0.717) is 16.9 Å². The summed E-state index contributed by atoms with van der Waals surface area (Å²) in [5.74, 6) is 1.54. The third-order valence-corrected chi connectivity index (χ3v) is 4.98. The summed E-state index contributed by atoms with van der Waals surface area (Å²) < 4.78 is 0. The van der Waals surface area contributed by atoms with Gasteiger partial charge in [0.1, 0.15) is 0 Å². The van der Waals surface area contributed by atoms with Gasteiger partial charge in [0.05, 0.1) is 0 Å². The molecule has 3 rings (SSSR count). The van der Waals surface area contributed by atoms with Gasteiger partial charge < -0.3 is 5.32 Å². The second-order valence-electron chi connectivity index (χ2n) is 5.93. The number of aryl methyl sites for hydroxylation is 1. The zero-order valence-electron chi connectivity index (χ0n) is 11.7. The molecule has 20 heavy (non-hydrogen) atoms. The van der Waals surface area contributed by atoms with E-state index in [1.54, 1.807) is 0 Å². The number of hydrogen-bond acceptors (Lipinski definition) is 1.